The van der Waals surface area contributed by atoms with E-state index in [9.17, 15) is 13.2 Å². The molecule has 2 aromatic carbocycles. The summed E-state index contributed by atoms with van der Waals surface area (Å²) < 4.78 is 42.5. The van der Waals surface area contributed by atoms with Gasteiger partial charge in [0.05, 0.1) is 31.4 Å². The fourth-order valence-electron chi connectivity index (χ4n) is 2.32. The number of hydrogen-bond acceptors (Lipinski definition) is 6. The minimum absolute atomic E-state index is 0.0239. The van der Waals surface area contributed by atoms with Crippen molar-refractivity contribution in [3.8, 4) is 11.5 Å². The third kappa shape index (κ3) is 4.26. The van der Waals surface area contributed by atoms with E-state index in [2.05, 4.69) is 4.74 Å². The monoisotopic (exact) mass is 379 g/mol. The number of rotatable bonds is 8. The molecule has 0 aromatic heterocycles. The SMILES string of the molecule is CCOc1ccc(S(=O)(=O)N(CC(=O)OC)c2ccccc2OC)cc1. The van der Waals surface area contributed by atoms with Gasteiger partial charge in [-0.25, -0.2) is 8.42 Å². The molecule has 0 spiro atoms. The van der Waals surface area contributed by atoms with Gasteiger partial charge in [-0.05, 0) is 43.3 Å². The first kappa shape index (κ1) is 19.6. The summed E-state index contributed by atoms with van der Waals surface area (Å²) in [6.07, 6.45) is 0. The average molecular weight is 379 g/mol. The molecule has 0 radical (unpaired) electrons. The molecule has 0 heterocycles. The molecule has 7 nitrogen and oxygen atoms in total. The van der Waals surface area contributed by atoms with Gasteiger partial charge in [0.25, 0.3) is 10.0 Å². The van der Waals surface area contributed by atoms with Crippen molar-refractivity contribution >= 4 is 21.7 Å². The zero-order valence-corrected chi connectivity index (χ0v) is 15.7. The van der Waals surface area contributed by atoms with Gasteiger partial charge in [-0.2, -0.15) is 0 Å². The highest BCUT2D eigenvalue weighted by Gasteiger charge is 2.29. The molecule has 0 aliphatic carbocycles. The number of hydrogen-bond donors (Lipinski definition) is 0. The Morgan fingerprint density at radius 1 is 1.04 bits per heavy atom. The van der Waals surface area contributed by atoms with Crippen LogP contribution < -0.4 is 13.8 Å². The number of carbonyl (C=O) groups is 1. The summed E-state index contributed by atoms with van der Waals surface area (Å²) in [6.45, 7) is 1.83. The molecular weight excluding hydrogens is 358 g/mol. The quantitative estimate of drug-likeness (QED) is 0.656. The maximum atomic E-state index is 13.1. The molecular formula is C18H21NO6S. The first-order valence-electron chi connectivity index (χ1n) is 7.89. The lowest BCUT2D eigenvalue weighted by Gasteiger charge is -2.25. The molecule has 26 heavy (non-hydrogen) atoms. The van der Waals surface area contributed by atoms with Crippen LogP contribution in [0.4, 0.5) is 5.69 Å². The third-order valence-corrected chi connectivity index (χ3v) is 5.35. The molecule has 2 rings (SSSR count). The number of ether oxygens (including phenoxy) is 3. The van der Waals surface area contributed by atoms with Crippen LogP contribution in [0, 0.1) is 0 Å². The number of carbonyl (C=O) groups excluding carboxylic acids is 1. The third-order valence-electron chi connectivity index (χ3n) is 3.58. The summed E-state index contributed by atoms with van der Waals surface area (Å²) in [7, 11) is -1.40. The topological polar surface area (TPSA) is 82.1 Å². The Hall–Kier alpha value is -2.74. The highest BCUT2D eigenvalue weighted by atomic mass is 32.2. The minimum atomic E-state index is -4.03. The van der Waals surface area contributed by atoms with E-state index in [0.29, 0.717) is 18.1 Å². The molecule has 0 bridgehead atoms. The van der Waals surface area contributed by atoms with E-state index in [4.69, 9.17) is 9.47 Å². The van der Waals surface area contributed by atoms with Crippen molar-refractivity contribution in [2.45, 2.75) is 11.8 Å². The van der Waals surface area contributed by atoms with Gasteiger partial charge in [0.15, 0.2) is 0 Å². The van der Waals surface area contributed by atoms with Crippen molar-refractivity contribution in [3.05, 3.63) is 48.5 Å². The Labute approximate surface area is 153 Å². The van der Waals surface area contributed by atoms with Crippen LogP contribution in [-0.4, -0.2) is 41.8 Å². The molecule has 2 aromatic rings. The minimum Gasteiger partial charge on any atom is -0.495 e. The number of anilines is 1. The smallest absolute Gasteiger partial charge is 0.326 e. The van der Waals surface area contributed by atoms with E-state index in [1.165, 1.54) is 26.4 Å². The molecule has 0 aliphatic rings. The zero-order chi connectivity index (χ0) is 19.2. The Bertz CT molecular complexity index is 848. The molecule has 0 saturated carbocycles. The van der Waals surface area contributed by atoms with Gasteiger partial charge < -0.3 is 14.2 Å². The fourth-order valence-corrected chi connectivity index (χ4v) is 3.74. The standard InChI is InChI=1S/C18H21NO6S/c1-4-25-14-9-11-15(12-10-14)26(21,22)19(13-18(20)24-3)16-7-5-6-8-17(16)23-2/h5-12H,4,13H2,1-3H3. The first-order valence-corrected chi connectivity index (χ1v) is 9.33. The number of sulfonamides is 1. The Balaban J connectivity index is 2.50. The van der Waals surface area contributed by atoms with Gasteiger partial charge in [-0.3, -0.25) is 9.10 Å². The highest BCUT2D eigenvalue weighted by Crippen LogP contribution is 2.32. The summed E-state index contributed by atoms with van der Waals surface area (Å²) in [4.78, 5) is 11.8. The van der Waals surface area contributed by atoms with E-state index in [1.807, 2.05) is 6.92 Å². The van der Waals surface area contributed by atoms with E-state index in [-0.39, 0.29) is 10.6 Å². The van der Waals surface area contributed by atoms with E-state index < -0.39 is 22.5 Å². The van der Waals surface area contributed by atoms with E-state index in [1.54, 1.807) is 36.4 Å². The predicted octanol–water partition coefficient (Wildman–Crippen LogP) is 2.46. The molecule has 0 amide bonds. The molecule has 0 N–H and O–H groups in total. The van der Waals surface area contributed by atoms with Crippen LogP contribution in [0.3, 0.4) is 0 Å². The summed E-state index contributed by atoms with van der Waals surface area (Å²) in [5.74, 6) is 0.194. The summed E-state index contributed by atoms with van der Waals surface area (Å²) >= 11 is 0. The van der Waals surface area contributed by atoms with Gasteiger partial charge in [0.1, 0.15) is 18.0 Å². The van der Waals surface area contributed by atoms with Crippen molar-refractivity contribution in [2.75, 3.05) is 31.7 Å². The maximum absolute atomic E-state index is 13.1. The number of methoxy groups -OCH3 is 2. The lowest BCUT2D eigenvalue weighted by molar-refractivity contribution is -0.138. The van der Waals surface area contributed by atoms with E-state index >= 15 is 0 Å². The van der Waals surface area contributed by atoms with Crippen molar-refractivity contribution in [2.24, 2.45) is 0 Å². The second-order valence-corrected chi connectivity index (χ2v) is 7.03. The summed E-state index contributed by atoms with van der Waals surface area (Å²) in [6, 6.07) is 12.5. The number of esters is 1. The fraction of sp³-hybridized carbons (Fsp3) is 0.278. The normalized spacial score (nSPS) is 10.9. The molecule has 0 aliphatic heterocycles. The first-order chi connectivity index (χ1) is 12.4. The van der Waals surface area contributed by atoms with Crippen LogP contribution in [0.1, 0.15) is 6.92 Å². The lowest BCUT2D eigenvalue weighted by atomic mass is 10.3. The van der Waals surface area contributed by atoms with E-state index in [0.717, 1.165) is 4.31 Å². The largest absolute Gasteiger partial charge is 0.495 e. The molecule has 0 saturated heterocycles. The van der Waals surface area contributed by atoms with Gasteiger partial charge in [0.2, 0.25) is 0 Å². The Kier molecular flexibility index (Phi) is 6.46. The van der Waals surface area contributed by atoms with Crippen LogP contribution in [-0.2, 0) is 19.6 Å². The zero-order valence-electron chi connectivity index (χ0n) is 14.8. The molecule has 0 fully saturated rings. The number of para-hydroxylation sites is 2. The van der Waals surface area contributed by atoms with Crippen molar-refractivity contribution in [1.29, 1.82) is 0 Å². The van der Waals surface area contributed by atoms with Crippen LogP contribution in [0.15, 0.2) is 53.4 Å². The van der Waals surface area contributed by atoms with Gasteiger partial charge in [-0.15, -0.1) is 0 Å². The predicted molar refractivity (Wildman–Crippen MR) is 97.2 cm³/mol. The maximum Gasteiger partial charge on any atom is 0.326 e. The summed E-state index contributed by atoms with van der Waals surface area (Å²) in [5.41, 5.74) is 0.245. The van der Waals surface area contributed by atoms with Crippen LogP contribution in [0.5, 0.6) is 11.5 Å². The lowest BCUT2D eigenvalue weighted by Crippen LogP contribution is -2.36. The van der Waals surface area contributed by atoms with Crippen molar-refractivity contribution in [1.82, 2.24) is 0 Å². The van der Waals surface area contributed by atoms with Crippen molar-refractivity contribution < 1.29 is 27.4 Å². The van der Waals surface area contributed by atoms with Crippen LogP contribution >= 0.6 is 0 Å². The molecule has 0 atom stereocenters. The second-order valence-electron chi connectivity index (χ2n) is 5.16. The average Bonchev–Trinajstić information content (AvgIpc) is 2.66. The molecule has 8 heteroatoms. The molecule has 0 unspecified atom stereocenters. The van der Waals surface area contributed by atoms with Crippen LogP contribution in [0.2, 0.25) is 0 Å². The van der Waals surface area contributed by atoms with Crippen LogP contribution in [0.25, 0.3) is 0 Å². The second kappa shape index (κ2) is 8.57. The number of benzene rings is 2. The Morgan fingerprint density at radius 3 is 2.27 bits per heavy atom. The highest BCUT2D eigenvalue weighted by molar-refractivity contribution is 7.92. The van der Waals surface area contributed by atoms with Crippen molar-refractivity contribution in [3.63, 3.8) is 0 Å². The van der Waals surface area contributed by atoms with Gasteiger partial charge in [-0.1, -0.05) is 12.1 Å². The van der Waals surface area contributed by atoms with Gasteiger partial charge in [0, 0.05) is 0 Å². The molecule has 140 valence electrons. The summed E-state index contributed by atoms with van der Waals surface area (Å²) in [5, 5.41) is 0. The van der Waals surface area contributed by atoms with Gasteiger partial charge >= 0.3 is 5.97 Å². The number of nitrogens with zero attached hydrogens (tertiary/aromatic N) is 1. The Morgan fingerprint density at radius 2 is 1.69 bits per heavy atom.